The molecule has 21 heavy (non-hydrogen) atoms. The second-order valence-electron chi connectivity index (χ2n) is 6.09. The summed E-state index contributed by atoms with van der Waals surface area (Å²) in [6.45, 7) is 7.00. The molecular weight excluding hydrogens is 266 g/mol. The molecule has 120 valence electrons. The SMILES string of the molecule is CCC(C(=N)N)N1CCN(C(=O)N2CCCCCC2)CC1. The molecule has 0 saturated carbocycles. The van der Waals surface area contributed by atoms with Gasteiger partial charge >= 0.3 is 6.03 Å². The van der Waals surface area contributed by atoms with E-state index in [4.69, 9.17) is 11.1 Å². The molecular formula is C15H29N5O. The van der Waals surface area contributed by atoms with E-state index in [1.165, 1.54) is 12.8 Å². The number of amides is 2. The Morgan fingerprint density at radius 2 is 1.52 bits per heavy atom. The molecule has 3 N–H and O–H groups in total. The lowest BCUT2D eigenvalue weighted by Gasteiger charge is -2.40. The van der Waals surface area contributed by atoms with Crippen LogP contribution in [0, 0.1) is 5.41 Å². The molecule has 2 saturated heterocycles. The van der Waals surface area contributed by atoms with Gasteiger partial charge < -0.3 is 15.5 Å². The molecule has 0 aliphatic carbocycles. The summed E-state index contributed by atoms with van der Waals surface area (Å²) in [6.07, 6.45) is 5.61. The van der Waals surface area contributed by atoms with Gasteiger partial charge in [0.2, 0.25) is 0 Å². The number of rotatable bonds is 3. The Labute approximate surface area is 127 Å². The van der Waals surface area contributed by atoms with Gasteiger partial charge in [-0.1, -0.05) is 19.8 Å². The zero-order chi connectivity index (χ0) is 15.2. The third-order valence-corrected chi connectivity index (χ3v) is 4.65. The average Bonchev–Trinajstić information content (AvgIpc) is 2.76. The van der Waals surface area contributed by atoms with Gasteiger partial charge in [-0.3, -0.25) is 10.3 Å². The van der Waals surface area contributed by atoms with Gasteiger partial charge in [-0.15, -0.1) is 0 Å². The van der Waals surface area contributed by atoms with E-state index in [0.717, 1.165) is 58.5 Å². The first-order valence-electron chi connectivity index (χ1n) is 8.25. The number of nitrogens with one attached hydrogen (secondary N) is 1. The summed E-state index contributed by atoms with van der Waals surface area (Å²) in [5.41, 5.74) is 5.66. The minimum absolute atomic E-state index is 0.0282. The molecule has 6 nitrogen and oxygen atoms in total. The fraction of sp³-hybridized carbons (Fsp3) is 0.867. The number of hydrogen-bond acceptors (Lipinski definition) is 3. The standard InChI is InChI=1S/C15H29N5O/c1-2-13(14(16)17)18-9-11-20(12-10-18)15(21)19-7-5-3-4-6-8-19/h13H,2-12H2,1H3,(H3,16,17). The molecule has 1 unspecified atom stereocenters. The van der Waals surface area contributed by atoms with Crippen LogP contribution in [0.2, 0.25) is 0 Å². The minimum atomic E-state index is 0.0282. The summed E-state index contributed by atoms with van der Waals surface area (Å²) in [5, 5.41) is 7.65. The van der Waals surface area contributed by atoms with Crippen molar-refractivity contribution in [2.45, 2.75) is 45.1 Å². The molecule has 2 heterocycles. The molecule has 0 aromatic heterocycles. The van der Waals surface area contributed by atoms with Crippen molar-refractivity contribution < 1.29 is 4.79 Å². The van der Waals surface area contributed by atoms with Crippen LogP contribution in [-0.2, 0) is 0 Å². The lowest BCUT2D eigenvalue weighted by atomic mass is 10.1. The van der Waals surface area contributed by atoms with E-state index < -0.39 is 0 Å². The number of likely N-dealkylation sites (tertiary alicyclic amines) is 1. The van der Waals surface area contributed by atoms with Crippen LogP contribution < -0.4 is 5.73 Å². The van der Waals surface area contributed by atoms with E-state index in [1.54, 1.807) is 0 Å². The quantitative estimate of drug-likeness (QED) is 0.609. The highest BCUT2D eigenvalue weighted by atomic mass is 16.2. The van der Waals surface area contributed by atoms with Crippen LogP contribution in [0.5, 0.6) is 0 Å². The number of hydrogen-bond donors (Lipinski definition) is 2. The number of nitrogens with zero attached hydrogens (tertiary/aromatic N) is 3. The maximum Gasteiger partial charge on any atom is 0.320 e. The van der Waals surface area contributed by atoms with Crippen molar-refractivity contribution in [3.05, 3.63) is 0 Å². The Morgan fingerprint density at radius 3 is 2.00 bits per heavy atom. The molecule has 0 aromatic rings. The van der Waals surface area contributed by atoms with Crippen molar-refractivity contribution in [3.63, 3.8) is 0 Å². The average molecular weight is 295 g/mol. The van der Waals surface area contributed by atoms with E-state index in [2.05, 4.69) is 11.8 Å². The lowest BCUT2D eigenvalue weighted by molar-refractivity contribution is 0.104. The first kappa shape index (κ1) is 16.1. The van der Waals surface area contributed by atoms with Crippen molar-refractivity contribution in [1.29, 1.82) is 5.41 Å². The molecule has 2 rings (SSSR count). The minimum Gasteiger partial charge on any atom is -0.386 e. The fourth-order valence-electron chi connectivity index (χ4n) is 3.36. The van der Waals surface area contributed by atoms with Gasteiger partial charge in [0.05, 0.1) is 6.04 Å². The zero-order valence-corrected chi connectivity index (χ0v) is 13.2. The van der Waals surface area contributed by atoms with Crippen molar-refractivity contribution in [1.82, 2.24) is 14.7 Å². The number of nitrogens with two attached hydrogens (primary N) is 1. The molecule has 0 aromatic carbocycles. The molecule has 2 aliphatic rings. The van der Waals surface area contributed by atoms with Crippen LogP contribution in [0.4, 0.5) is 4.79 Å². The van der Waals surface area contributed by atoms with Crippen LogP contribution in [-0.4, -0.2) is 71.9 Å². The van der Waals surface area contributed by atoms with Crippen molar-refractivity contribution in [2.75, 3.05) is 39.3 Å². The van der Waals surface area contributed by atoms with Gasteiger partial charge in [0.1, 0.15) is 5.84 Å². The monoisotopic (exact) mass is 295 g/mol. The maximum atomic E-state index is 12.6. The van der Waals surface area contributed by atoms with Crippen LogP contribution in [0.15, 0.2) is 0 Å². The number of piperazine rings is 1. The Kier molecular flexibility index (Phi) is 5.85. The smallest absolute Gasteiger partial charge is 0.320 e. The highest BCUT2D eigenvalue weighted by Crippen LogP contribution is 2.14. The Balaban J connectivity index is 1.85. The second kappa shape index (κ2) is 7.64. The highest BCUT2D eigenvalue weighted by Gasteiger charge is 2.28. The highest BCUT2D eigenvalue weighted by molar-refractivity contribution is 5.82. The van der Waals surface area contributed by atoms with Crippen LogP contribution in [0.25, 0.3) is 0 Å². The van der Waals surface area contributed by atoms with Gasteiger partial charge in [0.15, 0.2) is 0 Å². The molecule has 1 atom stereocenters. The summed E-state index contributed by atoms with van der Waals surface area (Å²) < 4.78 is 0. The Hall–Kier alpha value is -1.30. The molecule has 2 aliphatic heterocycles. The van der Waals surface area contributed by atoms with E-state index in [-0.39, 0.29) is 17.9 Å². The topological polar surface area (TPSA) is 76.7 Å². The van der Waals surface area contributed by atoms with Gasteiger partial charge in [0.25, 0.3) is 0 Å². The number of carbonyl (C=O) groups is 1. The lowest BCUT2D eigenvalue weighted by Crippen LogP contribution is -2.57. The molecule has 0 radical (unpaired) electrons. The summed E-state index contributed by atoms with van der Waals surface area (Å²) in [7, 11) is 0. The van der Waals surface area contributed by atoms with E-state index in [9.17, 15) is 4.79 Å². The molecule has 6 heteroatoms. The van der Waals surface area contributed by atoms with Crippen molar-refractivity contribution >= 4 is 11.9 Å². The molecule has 2 amide bonds. The van der Waals surface area contributed by atoms with E-state index >= 15 is 0 Å². The van der Waals surface area contributed by atoms with E-state index in [1.807, 2.05) is 9.80 Å². The normalized spacial score (nSPS) is 22.7. The van der Waals surface area contributed by atoms with E-state index in [0.29, 0.717) is 0 Å². The molecule has 0 bridgehead atoms. The van der Waals surface area contributed by atoms with Gasteiger partial charge in [-0.05, 0) is 19.3 Å². The third-order valence-electron chi connectivity index (χ3n) is 4.65. The number of urea groups is 1. The summed E-state index contributed by atoms with van der Waals surface area (Å²) in [5.74, 6) is 0.241. The predicted molar refractivity (Wildman–Crippen MR) is 84.6 cm³/mol. The number of amidine groups is 1. The maximum absolute atomic E-state index is 12.6. The second-order valence-corrected chi connectivity index (χ2v) is 6.09. The van der Waals surface area contributed by atoms with Gasteiger partial charge in [0, 0.05) is 39.3 Å². The van der Waals surface area contributed by atoms with Crippen molar-refractivity contribution in [3.8, 4) is 0 Å². The number of carbonyl (C=O) groups excluding carboxylic acids is 1. The largest absolute Gasteiger partial charge is 0.386 e. The summed E-state index contributed by atoms with van der Waals surface area (Å²) in [6, 6.07) is 0.230. The Bertz CT molecular complexity index is 357. The predicted octanol–water partition coefficient (Wildman–Crippen LogP) is 1.31. The Morgan fingerprint density at radius 1 is 1.00 bits per heavy atom. The first-order chi connectivity index (χ1) is 10.1. The molecule has 0 spiro atoms. The zero-order valence-electron chi connectivity index (χ0n) is 13.2. The third kappa shape index (κ3) is 4.09. The van der Waals surface area contributed by atoms with Crippen LogP contribution in [0.1, 0.15) is 39.0 Å². The summed E-state index contributed by atoms with van der Waals surface area (Å²) >= 11 is 0. The van der Waals surface area contributed by atoms with Gasteiger partial charge in [-0.25, -0.2) is 4.79 Å². The summed E-state index contributed by atoms with van der Waals surface area (Å²) in [4.78, 5) is 18.8. The molecule has 2 fully saturated rings. The van der Waals surface area contributed by atoms with Crippen molar-refractivity contribution in [2.24, 2.45) is 5.73 Å². The fourth-order valence-corrected chi connectivity index (χ4v) is 3.36. The first-order valence-corrected chi connectivity index (χ1v) is 8.25. The van der Waals surface area contributed by atoms with Crippen LogP contribution in [0.3, 0.4) is 0 Å². The van der Waals surface area contributed by atoms with Gasteiger partial charge in [-0.2, -0.15) is 0 Å². The van der Waals surface area contributed by atoms with Crippen LogP contribution >= 0.6 is 0 Å².